The Balaban J connectivity index is 2.30. The first-order chi connectivity index (χ1) is 8.85. The second-order valence-corrected chi connectivity index (χ2v) is 3.93. The number of aromatic nitrogens is 1. The van der Waals surface area contributed by atoms with Gasteiger partial charge in [-0.1, -0.05) is 12.1 Å². The molecule has 0 unspecified atom stereocenters. The Morgan fingerprint density at radius 1 is 1.05 bits per heavy atom. The van der Waals surface area contributed by atoms with Crippen LogP contribution < -0.4 is 10.3 Å². The molecule has 3 nitrogen and oxygen atoms in total. The molecule has 1 aromatic heterocycles. The summed E-state index contributed by atoms with van der Waals surface area (Å²) in [7, 11) is 0. The summed E-state index contributed by atoms with van der Waals surface area (Å²) >= 11 is 0. The summed E-state index contributed by atoms with van der Waals surface area (Å²) in [4.78, 5) is 13.7. The van der Waals surface area contributed by atoms with Gasteiger partial charge in [-0.2, -0.15) is 0 Å². The highest BCUT2D eigenvalue weighted by molar-refractivity contribution is 5.66. The Morgan fingerprint density at radius 2 is 1.68 bits per heavy atom. The number of nitrogens with one attached hydrogen (secondary N) is 1. The Hall–Kier alpha value is -2.24. The van der Waals surface area contributed by atoms with Crippen LogP contribution in [0.2, 0.25) is 0 Å². The van der Waals surface area contributed by atoms with Crippen molar-refractivity contribution in [2.45, 2.75) is 13.3 Å². The summed E-state index contributed by atoms with van der Waals surface area (Å²) in [5.74, 6) is -0.279. The van der Waals surface area contributed by atoms with Gasteiger partial charge in [-0.15, -0.1) is 13.2 Å². The lowest BCUT2D eigenvalue weighted by Crippen LogP contribution is -2.16. The molecule has 1 heterocycles. The second kappa shape index (κ2) is 4.79. The normalized spacial score (nSPS) is 11.4. The zero-order valence-electron chi connectivity index (χ0n) is 9.91. The second-order valence-electron chi connectivity index (χ2n) is 3.93. The van der Waals surface area contributed by atoms with Gasteiger partial charge in [0, 0.05) is 17.3 Å². The van der Waals surface area contributed by atoms with Crippen LogP contribution in [-0.4, -0.2) is 11.3 Å². The number of rotatable bonds is 2. The van der Waals surface area contributed by atoms with E-state index in [0.717, 1.165) is 5.56 Å². The van der Waals surface area contributed by atoms with E-state index >= 15 is 0 Å². The summed E-state index contributed by atoms with van der Waals surface area (Å²) in [6, 6.07) is 8.44. The van der Waals surface area contributed by atoms with Crippen LogP contribution >= 0.6 is 0 Å². The number of H-pyrrole nitrogens is 1. The van der Waals surface area contributed by atoms with Crippen molar-refractivity contribution in [3.05, 3.63) is 52.4 Å². The maximum Gasteiger partial charge on any atom is 0.573 e. The van der Waals surface area contributed by atoms with Crippen molar-refractivity contribution >= 4 is 0 Å². The Morgan fingerprint density at radius 3 is 2.21 bits per heavy atom. The third-order valence-corrected chi connectivity index (χ3v) is 2.51. The number of hydrogen-bond donors (Lipinski definition) is 1. The predicted molar refractivity (Wildman–Crippen MR) is 63.9 cm³/mol. The maximum absolute atomic E-state index is 12.0. The highest BCUT2D eigenvalue weighted by atomic mass is 19.4. The summed E-state index contributed by atoms with van der Waals surface area (Å²) in [6.45, 7) is 1.72. The number of hydrogen-bond acceptors (Lipinski definition) is 2. The minimum Gasteiger partial charge on any atom is -0.406 e. The van der Waals surface area contributed by atoms with Gasteiger partial charge < -0.3 is 9.72 Å². The third-order valence-electron chi connectivity index (χ3n) is 2.51. The number of pyridine rings is 1. The lowest BCUT2D eigenvalue weighted by atomic mass is 10.0. The lowest BCUT2D eigenvalue weighted by Gasteiger charge is -2.10. The van der Waals surface area contributed by atoms with Crippen LogP contribution in [0.1, 0.15) is 5.69 Å². The first-order valence-electron chi connectivity index (χ1n) is 5.41. The van der Waals surface area contributed by atoms with E-state index in [-0.39, 0.29) is 11.3 Å². The molecule has 0 atom stereocenters. The van der Waals surface area contributed by atoms with Gasteiger partial charge in [-0.05, 0) is 30.7 Å². The molecule has 0 bridgehead atoms. The lowest BCUT2D eigenvalue weighted by molar-refractivity contribution is -0.274. The van der Waals surface area contributed by atoms with Crippen molar-refractivity contribution in [1.82, 2.24) is 4.98 Å². The zero-order chi connectivity index (χ0) is 14.0. The molecule has 1 aromatic carbocycles. The van der Waals surface area contributed by atoms with Gasteiger partial charge in [-0.3, -0.25) is 4.79 Å². The number of aryl methyl sites for hydroxylation is 1. The Kier molecular flexibility index (Phi) is 3.33. The molecule has 0 aliphatic heterocycles. The molecule has 2 rings (SSSR count). The van der Waals surface area contributed by atoms with Crippen molar-refractivity contribution in [3.8, 4) is 16.9 Å². The summed E-state index contributed by atoms with van der Waals surface area (Å²) in [6.07, 6.45) is -4.70. The Labute approximate surface area is 106 Å². The molecule has 0 radical (unpaired) electrons. The van der Waals surface area contributed by atoms with E-state index in [0.29, 0.717) is 11.3 Å². The molecule has 0 amide bonds. The van der Waals surface area contributed by atoms with Crippen LogP contribution in [0.25, 0.3) is 11.1 Å². The molecular weight excluding hydrogens is 259 g/mol. The molecule has 6 heteroatoms. The first kappa shape index (κ1) is 13.2. The van der Waals surface area contributed by atoms with Crippen LogP contribution in [0.3, 0.4) is 0 Å². The smallest absolute Gasteiger partial charge is 0.406 e. The monoisotopic (exact) mass is 269 g/mol. The highest BCUT2D eigenvalue weighted by Gasteiger charge is 2.30. The number of alkyl halides is 3. The Bertz CT molecular complexity index is 630. The summed E-state index contributed by atoms with van der Waals surface area (Å²) in [5.41, 5.74) is 1.87. The van der Waals surface area contributed by atoms with E-state index in [1.807, 2.05) is 0 Å². The molecule has 19 heavy (non-hydrogen) atoms. The maximum atomic E-state index is 12.0. The highest BCUT2D eigenvalue weighted by Crippen LogP contribution is 2.27. The van der Waals surface area contributed by atoms with Crippen molar-refractivity contribution in [1.29, 1.82) is 0 Å². The van der Waals surface area contributed by atoms with Gasteiger partial charge in [-0.25, -0.2) is 0 Å². The van der Waals surface area contributed by atoms with Crippen molar-refractivity contribution < 1.29 is 17.9 Å². The topological polar surface area (TPSA) is 42.1 Å². The fourth-order valence-corrected chi connectivity index (χ4v) is 1.73. The molecule has 0 aliphatic carbocycles. The average molecular weight is 269 g/mol. The number of ether oxygens (including phenoxy) is 1. The van der Waals surface area contributed by atoms with E-state index < -0.39 is 6.36 Å². The third kappa shape index (κ3) is 3.37. The summed E-state index contributed by atoms with van der Waals surface area (Å²) < 4.78 is 39.8. The van der Waals surface area contributed by atoms with E-state index in [9.17, 15) is 18.0 Å². The van der Waals surface area contributed by atoms with Gasteiger partial charge in [0.1, 0.15) is 5.75 Å². The quantitative estimate of drug-likeness (QED) is 0.909. The minimum atomic E-state index is -4.70. The number of halogens is 3. The molecule has 1 N–H and O–H groups in total. The van der Waals surface area contributed by atoms with Gasteiger partial charge in [0.25, 0.3) is 0 Å². The van der Waals surface area contributed by atoms with Crippen molar-refractivity contribution in [3.63, 3.8) is 0 Å². The molecular formula is C13H10F3NO2. The largest absolute Gasteiger partial charge is 0.573 e. The molecule has 0 fully saturated rings. The number of aromatic amines is 1. The average Bonchev–Trinajstić information content (AvgIpc) is 2.28. The van der Waals surface area contributed by atoms with E-state index in [4.69, 9.17) is 0 Å². The van der Waals surface area contributed by atoms with Crippen LogP contribution in [-0.2, 0) is 0 Å². The van der Waals surface area contributed by atoms with Crippen LogP contribution in [0.15, 0.2) is 41.2 Å². The van der Waals surface area contributed by atoms with E-state index in [2.05, 4.69) is 9.72 Å². The molecule has 2 aromatic rings. The molecule has 0 saturated heterocycles. The van der Waals surface area contributed by atoms with Crippen LogP contribution in [0.5, 0.6) is 5.75 Å². The van der Waals surface area contributed by atoms with Gasteiger partial charge in [0.2, 0.25) is 5.56 Å². The SMILES string of the molecule is Cc1[nH]c(=O)ccc1-c1ccc(OC(F)(F)F)cc1. The number of benzene rings is 1. The molecule has 0 spiro atoms. The van der Waals surface area contributed by atoms with Crippen LogP contribution in [0, 0.1) is 6.92 Å². The van der Waals surface area contributed by atoms with Crippen molar-refractivity contribution in [2.24, 2.45) is 0 Å². The van der Waals surface area contributed by atoms with Gasteiger partial charge >= 0.3 is 6.36 Å². The van der Waals surface area contributed by atoms with Gasteiger partial charge in [0.05, 0.1) is 0 Å². The molecule has 0 aliphatic rings. The van der Waals surface area contributed by atoms with Gasteiger partial charge in [0.15, 0.2) is 0 Å². The van der Waals surface area contributed by atoms with Crippen LogP contribution in [0.4, 0.5) is 13.2 Å². The predicted octanol–water partition coefficient (Wildman–Crippen LogP) is 3.25. The fourth-order valence-electron chi connectivity index (χ4n) is 1.73. The molecule has 0 saturated carbocycles. The first-order valence-corrected chi connectivity index (χ1v) is 5.41. The standard InChI is InChI=1S/C13H10F3NO2/c1-8-11(6-7-12(18)17-8)9-2-4-10(5-3-9)19-13(14,15)16/h2-7H,1H3,(H,17,18). The summed E-state index contributed by atoms with van der Waals surface area (Å²) in [5, 5.41) is 0. The minimum absolute atomic E-state index is 0.224. The van der Waals surface area contributed by atoms with Crippen molar-refractivity contribution in [2.75, 3.05) is 0 Å². The zero-order valence-corrected chi connectivity index (χ0v) is 9.91. The fraction of sp³-hybridized carbons (Fsp3) is 0.154. The van der Waals surface area contributed by atoms with E-state index in [1.165, 1.54) is 30.3 Å². The van der Waals surface area contributed by atoms with E-state index in [1.54, 1.807) is 13.0 Å². The molecule has 100 valence electrons.